The Balaban J connectivity index is 0.000000921. The Labute approximate surface area is 95.0 Å². The molecule has 1 nitrogen and oxygen atoms in total. The highest BCUT2D eigenvalue weighted by Gasteiger charge is 2.09. The third-order valence-corrected chi connectivity index (χ3v) is 2.48. The summed E-state index contributed by atoms with van der Waals surface area (Å²) in [5.41, 5.74) is 3.83. The number of allylic oxidation sites excluding steroid dienone is 4. The predicted molar refractivity (Wildman–Crippen MR) is 70.4 cm³/mol. The second-order valence-corrected chi connectivity index (χ2v) is 3.87. The summed E-state index contributed by atoms with van der Waals surface area (Å²) in [6, 6.07) is 0. The van der Waals surface area contributed by atoms with Crippen LogP contribution in [0.4, 0.5) is 0 Å². The smallest absolute Gasteiger partial charge is 0.0437 e. The van der Waals surface area contributed by atoms with Crippen LogP contribution in [0.1, 0.15) is 54.4 Å². The average Bonchev–Trinajstić information content (AvgIpc) is 2.26. The van der Waals surface area contributed by atoms with Gasteiger partial charge in [0.15, 0.2) is 0 Å². The summed E-state index contributed by atoms with van der Waals surface area (Å²) < 4.78 is 0. The van der Waals surface area contributed by atoms with Crippen molar-refractivity contribution in [3.63, 3.8) is 0 Å². The minimum Gasteiger partial charge on any atom is -0.262 e. The van der Waals surface area contributed by atoms with Crippen LogP contribution >= 0.6 is 0 Å². The molecule has 1 heteroatoms. The zero-order valence-corrected chi connectivity index (χ0v) is 11.1. The Bertz CT molecular complexity index is 269. The van der Waals surface area contributed by atoms with Crippen LogP contribution in [0.25, 0.3) is 0 Å². The largest absolute Gasteiger partial charge is 0.262 e. The van der Waals surface area contributed by atoms with E-state index in [1.807, 2.05) is 13.8 Å². The van der Waals surface area contributed by atoms with E-state index in [-0.39, 0.29) is 0 Å². The molecule has 86 valence electrons. The molecule has 1 aliphatic carbocycles. The molecule has 0 aromatic carbocycles. The van der Waals surface area contributed by atoms with Crippen LogP contribution in [-0.4, -0.2) is 5.71 Å². The van der Waals surface area contributed by atoms with E-state index in [4.69, 9.17) is 0 Å². The second-order valence-electron chi connectivity index (χ2n) is 3.87. The Hall–Kier alpha value is -0.850. The van der Waals surface area contributed by atoms with Crippen LogP contribution < -0.4 is 0 Å². The van der Waals surface area contributed by atoms with Crippen molar-refractivity contribution in [1.82, 2.24) is 0 Å². The summed E-state index contributed by atoms with van der Waals surface area (Å²) in [7, 11) is 0. The molecular weight excluding hydrogens is 182 g/mol. The van der Waals surface area contributed by atoms with Gasteiger partial charge in [-0.05, 0) is 38.2 Å². The lowest BCUT2D eigenvalue weighted by Gasteiger charge is -2.15. The molecule has 0 radical (unpaired) electrons. The van der Waals surface area contributed by atoms with Crippen molar-refractivity contribution in [2.24, 2.45) is 10.9 Å². The molecular formula is C14H25N. The zero-order valence-electron chi connectivity index (χ0n) is 11.1. The summed E-state index contributed by atoms with van der Waals surface area (Å²) in [5.74, 6) is 0.645. The average molecular weight is 207 g/mol. The fraction of sp³-hybridized carbons (Fsp3) is 0.643. The molecule has 0 aromatic heterocycles. The van der Waals surface area contributed by atoms with Crippen LogP contribution in [0.3, 0.4) is 0 Å². The van der Waals surface area contributed by atoms with E-state index in [0.29, 0.717) is 5.92 Å². The SMILES string of the molecule is CC.CCC(C)=NC1=C(C)C=CC(C)C1. The van der Waals surface area contributed by atoms with Crippen molar-refractivity contribution < 1.29 is 0 Å². The van der Waals surface area contributed by atoms with Gasteiger partial charge in [0.2, 0.25) is 0 Å². The third-order valence-electron chi connectivity index (χ3n) is 2.48. The van der Waals surface area contributed by atoms with E-state index in [9.17, 15) is 0 Å². The lowest BCUT2D eigenvalue weighted by atomic mass is 9.96. The monoisotopic (exact) mass is 207 g/mol. The van der Waals surface area contributed by atoms with Crippen molar-refractivity contribution in [3.8, 4) is 0 Å². The Morgan fingerprint density at radius 1 is 1.47 bits per heavy atom. The van der Waals surface area contributed by atoms with Gasteiger partial charge in [-0.25, -0.2) is 0 Å². The highest BCUT2D eigenvalue weighted by Crippen LogP contribution is 2.24. The first-order chi connectivity index (χ1) is 7.13. The molecule has 1 atom stereocenters. The minimum atomic E-state index is 0.645. The molecule has 1 unspecified atom stereocenters. The summed E-state index contributed by atoms with van der Waals surface area (Å²) in [5, 5.41) is 0. The van der Waals surface area contributed by atoms with Crippen molar-refractivity contribution in [2.75, 3.05) is 0 Å². The summed E-state index contributed by atoms with van der Waals surface area (Å²) in [4.78, 5) is 4.63. The first kappa shape index (κ1) is 14.2. The van der Waals surface area contributed by atoms with E-state index in [0.717, 1.165) is 12.8 Å². The predicted octanol–water partition coefficient (Wildman–Crippen LogP) is 4.75. The van der Waals surface area contributed by atoms with Crippen molar-refractivity contribution >= 4 is 5.71 Å². The van der Waals surface area contributed by atoms with Crippen LogP contribution in [0.15, 0.2) is 28.4 Å². The van der Waals surface area contributed by atoms with E-state index in [2.05, 4.69) is 44.8 Å². The zero-order chi connectivity index (χ0) is 11.8. The van der Waals surface area contributed by atoms with Gasteiger partial charge in [0, 0.05) is 11.4 Å². The quantitative estimate of drug-likeness (QED) is 0.579. The molecule has 0 N–H and O–H groups in total. The lowest BCUT2D eigenvalue weighted by Crippen LogP contribution is -2.01. The van der Waals surface area contributed by atoms with E-state index in [1.54, 1.807) is 0 Å². The van der Waals surface area contributed by atoms with Gasteiger partial charge in [-0.15, -0.1) is 0 Å². The topological polar surface area (TPSA) is 12.4 Å². The van der Waals surface area contributed by atoms with Crippen LogP contribution in [0.5, 0.6) is 0 Å². The van der Waals surface area contributed by atoms with Gasteiger partial charge in [0.25, 0.3) is 0 Å². The molecule has 1 rings (SSSR count). The Morgan fingerprint density at radius 3 is 2.60 bits per heavy atom. The Morgan fingerprint density at radius 2 is 2.07 bits per heavy atom. The molecule has 0 aromatic rings. The second kappa shape index (κ2) is 7.44. The number of nitrogens with zero attached hydrogens (tertiary/aromatic N) is 1. The third kappa shape index (κ3) is 4.96. The lowest BCUT2D eigenvalue weighted by molar-refractivity contribution is 0.693. The molecule has 0 saturated carbocycles. The summed E-state index contributed by atoms with van der Waals surface area (Å²) in [6.45, 7) is 12.6. The highest BCUT2D eigenvalue weighted by atomic mass is 14.8. The molecule has 0 spiro atoms. The van der Waals surface area contributed by atoms with Crippen molar-refractivity contribution in [2.45, 2.75) is 54.4 Å². The van der Waals surface area contributed by atoms with Gasteiger partial charge in [0.05, 0.1) is 0 Å². The van der Waals surface area contributed by atoms with E-state index < -0.39 is 0 Å². The van der Waals surface area contributed by atoms with E-state index in [1.165, 1.54) is 17.0 Å². The fourth-order valence-electron chi connectivity index (χ4n) is 1.38. The standard InChI is InChI=1S/C12H19N.C2H6/c1-5-11(4)13-12-8-9(2)6-7-10(12)3;1-2/h6-7,9H,5,8H2,1-4H3;1-2H3. The minimum absolute atomic E-state index is 0.645. The van der Waals surface area contributed by atoms with Gasteiger partial charge in [-0.2, -0.15) is 0 Å². The first-order valence-electron chi connectivity index (χ1n) is 6.05. The number of hydrogen-bond donors (Lipinski definition) is 0. The fourth-order valence-corrected chi connectivity index (χ4v) is 1.38. The highest BCUT2D eigenvalue weighted by molar-refractivity contribution is 5.82. The molecule has 0 aliphatic heterocycles. The number of aliphatic imine (C=N–C) groups is 1. The normalized spacial score (nSPS) is 21.2. The van der Waals surface area contributed by atoms with Crippen LogP contribution in [0.2, 0.25) is 0 Å². The molecule has 15 heavy (non-hydrogen) atoms. The number of hydrogen-bond acceptors (Lipinski definition) is 1. The van der Waals surface area contributed by atoms with Gasteiger partial charge < -0.3 is 0 Å². The van der Waals surface area contributed by atoms with Crippen molar-refractivity contribution in [3.05, 3.63) is 23.4 Å². The maximum Gasteiger partial charge on any atom is 0.0437 e. The van der Waals surface area contributed by atoms with E-state index >= 15 is 0 Å². The molecule has 0 amide bonds. The molecule has 0 fully saturated rings. The van der Waals surface area contributed by atoms with Gasteiger partial charge in [-0.3, -0.25) is 4.99 Å². The van der Waals surface area contributed by atoms with Gasteiger partial charge in [-0.1, -0.05) is 39.8 Å². The molecule has 0 heterocycles. The van der Waals surface area contributed by atoms with Gasteiger partial charge >= 0.3 is 0 Å². The van der Waals surface area contributed by atoms with Gasteiger partial charge in [0.1, 0.15) is 0 Å². The first-order valence-corrected chi connectivity index (χ1v) is 6.05. The molecule has 0 saturated heterocycles. The summed E-state index contributed by atoms with van der Waals surface area (Å²) in [6.07, 6.45) is 6.60. The molecule has 0 bridgehead atoms. The van der Waals surface area contributed by atoms with Crippen molar-refractivity contribution in [1.29, 1.82) is 0 Å². The maximum atomic E-state index is 4.63. The van der Waals surface area contributed by atoms with Crippen LogP contribution in [-0.2, 0) is 0 Å². The molecule has 1 aliphatic rings. The summed E-state index contributed by atoms with van der Waals surface area (Å²) >= 11 is 0. The van der Waals surface area contributed by atoms with Crippen LogP contribution in [0, 0.1) is 5.92 Å². The maximum absolute atomic E-state index is 4.63. The Kier molecular flexibility index (Phi) is 7.02. The number of rotatable bonds is 2.